The molecule has 3 heteroatoms. The molecule has 1 unspecified atom stereocenters. The van der Waals surface area contributed by atoms with Crippen LogP contribution in [0, 0.1) is 5.41 Å². The summed E-state index contributed by atoms with van der Waals surface area (Å²) >= 11 is 0. The minimum absolute atomic E-state index is 0.484. The highest BCUT2D eigenvalue weighted by molar-refractivity contribution is 5.39. The van der Waals surface area contributed by atoms with E-state index in [1.165, 1.54) is 25.7 Å². The molecule has 1 aliphatic carbocycles. The first-order valence-corrected chi connectivity index (χ1v) is 8.19. The van der Waals surface area contributed by atoms with Crippen molar-refractivity contribution in [2.24, 2.45) is 5.41 Å². The maximum atomic E-state index is 5.85. The van der Waals surface area contributed by atoms with Crippen LogP contribution in [0.1, 0.15) is 46.5 Å². The lowest BCUT2D eigenvalue weighted by Crippen LogP contribution is -2.39. The van der Waals surface area contributed by atoms with Crippen LogP contribution in [0.4, 0.5) is 0 Å². The first-order chi connectivity index (χ1) is 10.1. The summed E-state index contributed by atoms with van der Waals surface area (Å²) in [6.07, 6.45) is 5.24. The van der Waals surface area contributed by atoms with Gasteiger partial charge in [0.2, 0.25) is 0 Å². The summed E-state index contributed by atoms with van der Waals surface area (Å²) in [5.41, 5.74) is 0.484. The van der Waals surface area contributed by atoms with Crippen LogP contribution < -0.4 is 14.8 Å². The predicted octanol–water partition coefficient (Wildman–Crippen LogP) is 4.02. The number of rotatable bonds is 7. The maximum Gasteiger partial charge on any atom is 0.161 e. The van der Waals surface area contributed by atoms with E-state index in [2.05, 4.69) is 19.2 Å². The molecular weight excluding hydrogens is 262 g/mol. The number of para-hydroxylation sites is 2. The Morgan fingerprint density at radius 1 is 1.19 bits per heavy atom. The summed E-state index contributed by atoms with van der Waals surface area (Å²) in [4.78, 5) is 0. The Labute approximate surface area is 129 Å². The lowest BCUT2D eigenvalue weighted by atomic mass is 9.75. The van der Waals surface area contributed by atoms with E-state index >= 15 is 0 Å². The molecule has 0 aliphatic heterocycles. The standard InChI is InChI=1S/C18H29NO2/c1-4-20-16-9-5-6-10-17(16)21-13-12-19-15-8-7-11-18(2,3)14-15/h5-6,9-10,15,19H,4,7-8,11-14H2,1-3H3. The molecule has 1 atom stereocenters. The Morgan fingerprint density at radius 3 is 2.57 bits per heavy atom. The van der Waals surface area contributed by atoms with E-state index in [9.17, 15) is 0 Å². The van der Waals surface area contributed by atoms with E-state index in [0.717, 1.165) is 18.0 Å². The number of ether oxygens (including phenoxy) is 2. The molecule has 0 aromatic heterocycles. The van der Waals surface area contributed by atoms with Gasteiger partial charge in [0.15, 0.2) is 11.5 Å². The van der Waals surface area contributed by atoms with Crippen molar-refractivity contribution in [3.05, 3.63) is 24.3 Å². The van der Waals surface area contributed by atoms with Gasteiger partial charge in [0.05, 0.1) is 6.61 Å². The molecule has 0 saturated heterocycles. The van der Waals surface area contributed by atoms with Gasteiger partial charge in [0, 0.05) is 12.6 Å². The third-order valence-electron chi connectivity index (χ3n) is 4.15. The van der Waals surface area contributed by atoms with Gasteiger partial charge in [0.1, 0.15) is 6.61 Å². The molecule has 0 amide bonds. The zero-order valence-electron chi connectivity index (χ0n) is 13.7. The number of hydrogen-bond donors (Lipinski definition) is 1. The molecule has 1 aromatic carbocycles. The molecule has 1 aromatic rings. The Hall–Kier alpha value is -1.22. The SMILES string of the molecule is CCOc1ccccc1OCCNC1CCCC(C)(C)C1. The van der Waals surface area contributed by atoms with E-state index < -0.39 is 0 Å². The molecule has 0 spiro atoms. The third-order valence-corrected chi connectivity index (χ3v) is 4.15. The second kappa shape index (κ2) is 7.69. The van der Waals surface area contributed by atoms with Crippen LogP contribution >= 0.6 is 0 Å². The average Bonchev–Trinajstić information content (AvgIpc) is 2.44. The minimum Gasteiger partial charge on any atom is -0.490 e. The fraction of sp³-hybridized carbons (Fsp3) is 0.667. The second-order valence-corrected chi connectivity index (χ2v) is 6.64. The Kier molecular flexibility index (Phi) is 5.92. The molecule has 0 radical (unpaired) electrons. The number of nitrogens with one attached hydrogen (secondary N) is 1. The Bertz CT molecular complexity index is 431. The highest BCUT2D eigenvalue weighted by Gasteiger charge is 2.27. The van der Waals surface area contributed by atoms with Gasteiger partial charge in [-0.3, -0.25) is 0 Å². The van der Waals surface area contributed by atoms with Crippen molar-refractivity contribution in [1.82, 2.24) is 5.32 Å². The molecule has 1 fully saturated rings. The van der Waals surface area contributed by atoms with Crippen LogP contribution in [-0.2, 0) is 0 Å². The normalized spacial score (nSPS) is 21.0. The Balaban J connectivity index is 1.72. The molecule has 2 rings (SSSR count). The van der Waals surface area contributed by atoms with Crippen LogP contribution in [-0.4, -0.2) is 25.8 Å². The van der Waals surface area contributed by atoms with Crippen molar-refractivity contribution in [1.29, 1.82) is 0 Å². The largest absolute Gasteiger partial charge is 0.490 e. The van der Waals surface area contributed by atoms with E-state index in [4.69, 9.17) is 9.47 Å². The first-order valence-electron chi connectivity index (χ1n) is 8.19. The quantitative estimate of drug-likeness (QED) is 0.770. The van der Waals surface area contributed by atoms with E-state index in [0.29, 0.717) is 24.7 Å². The van der Waals surface area contributed by atoms with Gasteiger partial charge in [-0.1, -0.05) is 32.4 Å². The molecule has 1 saturated carbocycles. The van der Waals surface area contributed by atoms with Crippen molar-refractivity contribution in [2.75, 3.05) is 19.8 Å². The molecule has 1 aliphatic rings. The third kappa shape index (κ3) is 5.24. The highest BCUT2D eigenvalue weighted by Crippen LogP contribution is 2.35. The molecule has 21 heavy (non-hydrogen) atoms. The van der Waals surface area contributed by atoms with Gasteiger partial charge >= 0.3 is 0 Å². The minimum atomic E-state index is 0.484. The molecule has 118 valence electrons. The van der Waals surface area contributed by atoms with Crippen LogP contribution in [0.15, 0.2) is 24.3 Å². The van der Waals surface area contributed by atoms with Gasteiger partial charge in [-0.15, -0.1) is 0 Å². The zero-order chi connectivity index (χ0) is 15.1. The van der Waals surface area contributed by atoms with Crippen LogP contribution in [0.25, 0.3) is 0 Å². The number of benzene rings is 1. The van der Waals surface area contributed by atoms with Crippen molar-refractivity contribution < 1.29 is 9.47 Å². The van der Waals surface area contributed by atoms with Crippen LogP contribution in [0.2, 0.25) is 0 Å². The average molecular weight is 291 g/mol. The lowest BCUT2D eigenvalue weighted by Gasteiger charge is -2.35. The highest BCUT2D eigenvalue weighted by atomic mass is 16.5. The summed E-state index contributed by atoms with van der Waals surface area (Å²) in [5.74, 6) is 1.67. The predicted molar refractivity (Wildman–Crippen MR) is 87.1 cm³/mol. The van der Waals surface area contributed by atoms with Gasteiger partial charge < -0.3 is 14.8 Å². The van der Waals surface area contributed by atoms with E-state index in [1.807, 2.05) is 31.2 Å². The van der Waals surface area contributed by atoms with E-state index in [1.54, 1.807) is 0 Å². The zero-order valence-corrected chi connectivity index (χ0v) is 13.7. The summed E-state index contributed by atoms with van der Waals surface area (Å²) in [6, 6.07) is 8.51. The molecular formula is C18H29NO2. The number of hydrogen-bond acceptors (Lipinski definition) is 3. The first kappa shape index (κ1) is 16.2. The molecule has 3 nitrogen and oxygen atoms in total. The van der Waals surface area contributed by atoms with Gasteiger partial charge in [-0.05, 0) is 43.7 Å². The smallest absolute Gasteiger partial charge is 0.161 e. The molecule has 0 heterocycles. The fourth-order valence-corrected chi connectivity index (χ4v) is 3.14. The lowest BCUT2D eigenvalue weighted by molar-refractivity contribution is 0.190. The Morgan fingerprint density at radius 2 is 1.90 bits per heavy atom. The second-order valence-electron chi connectivity index (χ2n) is 6.64. The van der Waals surface area contributed by atoms with Crippen molar-refractivity contribution in [3.8, 4) is 11.5 Å². The topological polar surface area (TPSA) is 30.5 Å². The molecule has 1 N–H and O–H groups in total. The maximum absolute atomic E-state index is 5.85. The van der Waals surface area contributed by atoms with Crippen molar-refractivity contribution >= 4 is 0 Å². The van der Waals surface area contributed by atoms with Crippen molar-refractivity contribution in [3.63, 3.8) is 0 Å². The van der Waals surface area contributed by atoms with Crippen LogP contribution in [0.3, 0.4) is 0 Å². The molecule has 0 bridgehead atoms. The van der Waals surface area contributed by atoms with Crippen LogP contribution in [0.5, 0.6) is 11.5 Å². The van der Waals surface area contributed by atoms with Crippen molar-refractivity contribution in [2.45, 2.75) is 52.5 Å². The van der Waals surface area contributed by atoms with Gasteiger partial charge in [-0.25, -0.2) is 0 Å². The summed E-state index contributed by atoms with van der Waals surface area (Å²) in [6.45, 7) is 8.96. The monoisotopic (exact) mass is 291 g/mol. The van der Waals surface area contributed by atoms with E-state index in [-0.39, 0.29) is 0 Å². The van der Waals surface area contributed by atoms with Gasteiger partial charge in [0.25, 0.3) is 0 Å². The summed E-state index contributed by atoms with van der Waals surface area (Å²) in [5, 5.41) is 3.63. The fourth-order valence-electron chi connectivity index (χ4n) is 3.14. The van der Waals surface area contributed by atoms with Gasteiger partial charge in [-0.2, -0.15) is 0 Å². The summed E-state index contributed by atoms with van der Waals surface area (Å²) < 4.78 is 11.4. The summed E-state index contributed by atoms with van der Waals surface area (Å²) in [7, 11) is 0.